The van der Waals surface area contributed by atoms with Gasteiger partial charge in [-0.2, -0.15) is 0 Å². The summed E-state index contributed by atoms with van der Waals surface area (Å²) in [7, 11) is 2.20. The number of nitrogens with one attached hydrogen (secondary N) is 1. The van der Waals surface area contributed by atoms with Crippen LogP contribution in [0.1, 0.15) is 33.6 Å². The van der Waals surface area contributed by atoms with Crippen molar-refractivity contribution in [3.63, 3.8) is 0 Å². The molecular formula is C14H31N3O. The third kappa shape index (κ3) is 4.84. The summed E-state index contributed by atoms with van der Waals surface area (Å²) in [6.07, 6.45) is 2.25. The van der Waals surface area contributed by atoms with Crippen LogP contribution in [0, 0.1) is 0 Å². The fourth-order valence-corrected chi connectivity index (χ4v) is 2.91. The second-order valence-corrected chi connectivity index (χ2v) is 6.00. The second-order valence-electron chi connectivity index (χ2n) is 6.00. The highest BCUT2D eigenvalue weighted by Gasteiger charge is 2.28. The van der Waals surface area contributed by atoms with Crippen molar-refractivity contribution in [3.05, 3.63) is 0 Å². The molecule has 1 heterocycles. The number of hydrogen-bond acceptors (Lipinski definition) is 4. The van der Waals surface area contributed by atoms with Crippen molar-refractivity contribution in [3.8, 4) is 0 Å². The van der Waals surface area contributed by atoms with Crippen LogP contribution in [0.2, 0.25) is 0 Å². The van der Waals surface area contributed by atoms with Crippen LogP contribution in [0.4, 0.5) is 0 Å². The standard InChI is InChI=1S/C14H31N3O/c1-5-15-14(3,12-18)11-13(2)17-8-6-7-16(4)9-10-17/h13,15,18H,5-12H2,1-4H3. The maximum absolute atomic E-state index is 9.57. The van der Waals surface area contributed by atoms with Gasteiger partial charge in [0.15, 0.2) is 0 Å². The number of aliphatic hydroxyl groups excluding tert-OH is 1. The van der Waals surface area contributed by atoms with Crippen molar-refractivity contribution < 1.29 is 5.11 Å². The fraction of sp³-hybridized carbons (Fsp3) is 1.00. The summed E-state index contributed by atoms with van der Waals surface area (Å²) in [5.41, 5.74) is -0.146. The van der Waals surface area contributed by atoms with E-state index in [9.17, 15) is 5.11 Å². The lowest BCUT2D eigenvalue weighted by Gasteiger charge is -2.36. The largest absolute Gasteiger partial charge is 0.394 e. The van der Waals surface area contributed by atoms with Crippen LogP contribution in [-0.2, 0) is 0 Å². The highest BCUT2D eigenvalue weighted by molar-refractivity contribution is 4.87. The van der Waals surface area contributed by atoms with Gasteiger partial charge < -0.3 is 15.3 Å². The zero-order chi connectivity index (χ0) is 13.6. The Labute approximate surface area is 112 Å². The monoisotopic (exact) mass is 257 g/mol. The molecule has 2 unspecified atom stereocenters. The molecule has 0 aromatic heterocycles. The normalized spacial score (nSPS) is 24.5. The Morgan fingerprint density at radius 1 is 1.28 bits per heavy atom. The molecule has 0 amide bonds. The molecule has 4 heteroatoms. The second kappa shape index (κ2) is 7.43. The van der Waals surface area contributed by atoms with Crippen molar-refractivity contribution in [2.24, 2.45) is 0 Å². The van der Waals surface area contributed by atoms with Crippen molar-refractivity contribution in [1.82, 2.24) is 15.1 Å². The fourth-order valence-electron chi connectivity index (χ4n) is 2.91. The first kappa shape index (κ1) is 15.9. The Hall–Kier alpha value is -0.160. The highest BCUT2D eigenvalue weighted by atomic mass is 16.3. The van der Waals surface area contributed by atoms with Crippen LogP contribution in [-0.4, -0.2) is 72.9 Å². The molecule has 4 nitrogen and oxygen atoms in total. The highest BCUT2D eigenvalue weighted by Crippen LogP contribution is 2.17. The van der Waals surface area contributed by atoms with E-state index < -0.39 is 0 Å². The topological polar surface area (TPSA) is 38.7 Å². The SMILES string of the molecule is CCNC(C)(CO)CC(C)N1CCCN(C)CC1. The third-order valence-electron chi connectivity index (χ3n) is 4.08. The molecule has 108 valence electrons. The molecule has 0 aromatic rings. The van der Waals surface area contributed by atoms with E-state index in [0.717, 1.165) is 26.1 Å². The van der Waals surface area contributed by atoms with Gasteiger partial charge in [0.2, 0.25) is 0 Å². The van der Waals surface area contributed by atoms with Gasteiger partial charge in [-0.05, 0) is 53.4 Å². The Bertz CT molecular complexity index is 237. The number of aliphatic hydroxyl groups is 1. The first-order valence-electron chi connectivity index (χ1n) is 7.29. The lowest BCUT2D eigenvalue weighted by molar-refractivity contribution is 0.117. The molecule has 1 aliphatic heterocycles. The van der Waals surface area contributed by atoms with Crippen molar-refractivity contribution >= 4 is 0 Å². The molecule has 0 saturated carbocycles. The van der Waals surface area contributed by atoms with Crippen LogP contribution in [0.25, 0.3) is 0 Å². The molecule has 1 saturated heterocycles. The Morgan fingerprint density at radius 2 is 2.00 bits per heavy atom. The molecule has 0 aliphatic carbocycles. The summed E-state index contributed by atoms with van der Waals surface area (Å²) in [6.45, 7) is 12.3. The van der Waals surface area contributed by atoms with Gasteiger partial charge in [-0.3, -0.25) is 4.90 Å². The minimum absolute atomic E-state index is 0.146. The summed E-state index contributed by atoms with van der Waals surface area (Å²) in [6, 6.07) is 0.521. The predicted molar refractivity (Wildman–Crippen MR) is 76.9 cm³/mol. The van der Waals surface area contributed by atoms with Crippen molar-refractivity contribution in [2.75, 3.05) is 46.4 Å². The molecule has 1 aliphatic rings. The first-order chi connectivity index (χ1) is 8.50. The smallest absolute Gasteiger partial charge is 0.0611 e. The summed E-state index contributed by atoms with van der Waals surface area (Å²) in [5, 5.41) is 13.0. The average molecular weight is 257 g/mol. The van der Waals surface area contributed by atoms with Crippen molar-refractivity contribution in [2.45, 2.75) is 45.2 Å². The van der Waals surface area contributed by atoms with Gasteiger partial charge in [-0.1, -0.05) is 6.92 Å². The maximum Gasteiger partial charge on any atom is 0.0611 e. The van der Waals surface area contributed by atoms with Gasteiger partial charge in [-0.25, -0.2) is 0 Å². The Kier molecular flexibility index (Phi) is 6.57. The molecule has 1 fully saturated rings. The molecule has 2 atom stereocenters. The van der Waals surface area contributed by atoms with E-state index in [1.54, 1.807) is 0 Å². The zero-order valence-electron chi connectivity index (χ0n) is 12.6. The van der Waals surface area contributed by atoms with E-state index in [1.807, 2.05) is 0 Å². The quantitative estimate of drug-likeness (QED) is 0.737. The Morgan fingerprint density at radius 3 is 2.61 bits per heavy atom. The number of rotatable bonds is 6. The van der Waals surface area contributed by atoms with Crippen LogP contribution in [0.15, 0.2) is 0 Å². The van der Waals surface area contributed by atoms with Crippen LogP contribution in [0.3, 0.4) is 0 Å². The molecule has 2 N–H and O–H groups in total. The first-order valence-corrected chi connectivity index (χ1v) is 7.29. The summed E-state index contributed by atoms with van der Waals surface area (Å²) >= 11 is 0. The van der Waals surface area contributed by atoms with Gasteiger partial charge in [0.05, 0.1) is 6.61 Å². The predicted octanol–water partition coefficient (Wildman–Crippen LogP) is 0.763. The van der Waals surface area contributed by atoms with E-state index in [4.69, 9.17) is 0 Å². The average Bonchev–Trinajstić information content (AvgIpc) is 2.54. The minimum Gasteiger partial charge on any atom is -0.394 e. The molecule has 0 spiro atoms. The van der Waals surface area contributed by atoms with E-state index in [1.165, 1.54) is 19.5 Å². The lowest BCUT2D eigenvalue weighted by atomic mass is 9.93. The number of nitrogens with zero attached hydrogens (tertiary/aromatic N) is 2. The summed E-state index contributed by atoms with van der Waals surface area (Å²) in [4.78, 5) is 4.97. The summed E-state index contributed by atoms with van der Waals surface area (Å²) < 4.78 is 0. The Balaban J connectivity index is 2.49. The molecule has 18 heavy (non-hydrogen) atoms. The van der Waals surface area contributed by atoms with Gasteiger partial charge >= 0.3 is 0 Å². The van der Waals surface area contributed by atoms with E-state index in [-0.39, 0.29) is 12.1 Å². The lowest BCUT2D eigenvalue weighted by Crippen LogP contribution is -2.51. The van der Waals surface area contributed by atoms with Gasteiger partial charge in [0.1, 0.15) is 0 Å². The van der Waals surface area contributed by atoms with Crippen LogP contribution in [0.5, 0.6) is 0 Å². The van der Waals surface area contributed by atoms with Crippen LogP contribution >= 0.6 is 0 Å². The van der Waals surface area contributed by atoms with E-state index in [2.05, 4.69) is 42.9 Å². The van der Waals surface area contributed by atoms with Crippen LogP contribution < -0.4 is 5.32 Å². The molecule has 1 rings (SSSR count). The van der Waals surface area contributed by atoms with E-state index in [0.29, 0.717) is 6.04 Å². The van der Waals surface area contributed by atoms with Gasteiger partial charge in [-0.15, -0.1) is 0 Å². The summed E-state index contributed by atoms with van der Waals surface area (Å²) in [5.74, 6) is 0. The van der Waals surface area contributed by atoms with Gasteiger partial charge in [0.25, 0.3) is 0 Å². The third-order valence-corrected chi connectivity index (χ3v) is 4.08. The molecule has 0 radical (unpaired) electrons. The zero-order valence-corrected chi connectivity index (χ0v) is 12.6. The number of likely N-dealkylation sites (N-methyl/N-ethyl adjacent to an activating group) is 2. The molecule has 0 bridgehead atoms. The number of hydrogen-bond donors (Lipinski definition) is 2. The minimum atomic E-state index is -0.146. The van der Waals surface area contributed by atoms with Gasteiger partial charge in [0, 0.05) is 24.7 Å². The maximum atomic E-state index is 9.57. The molecular weight excluding hydrogens is 226 g/mol. The van der Waals surface area contributed by atoms with Crippen molar-refractivity contribution in [1.29, 1.82) is 0 Å². The van der Waals surface area contributed by atoms with E-state index >= 15 is 0 Å². The molecule has 0 aromatic carbocycles.